The second kappa shape index (κ2) is 9.73. The SMILES string of the molecule is CCCCOc1ccc(C2/C(=C(\O)c3c(C)nc4ccccn34)C(=O)C(=O)N2Cc2ccco2)cc1. The van der Waals surface area contributed by atoms with E-state index in [2.05, 4.69) is 11.9 Å². The van der Waals surface area contributed by atoms with Crippen LogP contribution in [0.1, 0.15) is 48.5 Å². The van der Waals surface area contributed by atoms with Gasteiger partial charge in [0, 0.05) is 6.20 Å². The van der Waals surface area contributed by atoms with E-state index in [4.69, 9.17) is 9.15 Å². The predicted octanol–water partition coefficient (Wildman–Crippen LogP) is 5.04. The van der Waals surface area contributed by atoms with Gasteiger partial charge in [0.25, 0.3) is 11.7 Å². The Hall–Kier alpha value is -4.33. The molecule has 36 heavy (non-hydrogen) atoms. The number of benzene rings is 1. The summed E-state index contributed by atoms with van der Waals surface area (Å²) < 4.78 is 13.0. The summed E-state index contributed by atoms with van der Waals surface area (Å²) >= 11 is 0. The molecule has 184 valence electrons. The van der Waals surface area contributed by atoms with Crippen molar-refractivity contribution < 1.29 is 23.8 Å². The molecular weight excluding hydrogens is 458 g/mol. The molecule has 4 heterocycles. The number of pyridine rings is 1. The predicted molar refractivity (Wildman–Crippen MR) is 133 cm³/mol. The number of amides is 1. The molecule has 0 radical (unpaired) electrons. The average Bonchev–Trinajstić information content (AvgIpc) is 3.57. The summed E-state index contributed by atoms with van der Waals surface area (Å²) in [6.07, 6.45) is 5.26. The summed E-state index contributed by atoms with van der Waals surface area (Å²) in [7, 11) is 0. The highest BCUT2D eigenvalue weighted by Gasteiger charge is 2.47. The Labute approximate surface area is 208 Å². The molecular formula is C28H27N3O5. The number of likely N-dealkylation sites (tertiary alicyclic amines) is 1. The van der Waals surface area contributed by atoms with Crippen molar-refractivity contribution in [2.24, 2.45) is 0 Å². The van der Waals surface area contributed by atoms with Crippen LogP contribution in [0.2, 0.25) is 0 Å². The van der Waals surface area contributed by atoms with Gasteiger partial charge in [-0.1, -0.05) is 31.5 Å². The first-order chi connectivity index (χ1) is 17.5. The van der Waals surface area contributed by atoms with Crippen LogP contribution in [0, 0.1) is 6.92 Å². The van der Waals surface area contributed by atoms with E-state index in [1.54, 1.807) is 29.7 Å². The number of ketones is 1. The first-order valence-corrected chi connectivity index (χ1v) is 12.0. The fourth-order valence-corrected chi connectivity index (χ4v) is 4.57. The Morgan fingerprint density at radius 1 is 1.11 bits per heavy atom. The number of hydrogen-bond acceptors (Lipinski definition) is 6. The molecule has 0 bridgehead atoms. The van der Waals surface area contributed by atoms with Crippen molar-refractivity contribution in [2.75, 3.05) is 6.61 Å². The van der Waals surface area contributed by atoms with E-state index in [-0.39, 0.29) is 17.9 Å². The number of carbonyl (C=O) groups excluding carboxylic acids is 2. The molecule has 1 saturated heterocycles. The molecule has 1 unspecified atom stereocenters. The van der Waals surface area contributed by atoms with Crippen LogP contribution in [-0.4, -0.2) is 37.7 Å². The van der Waals surface area contributed by atoms with Crippen LogP contribution in [0.4, 0.5) is 0 Å². The highest BCUT2D eigenvalue weighted by molar-refractivity contribution is 6.46. The van der Waals surface area contributed by atoms with E-state index in [0.29, 0.717) is 40.7 Å². The van der Waals surface area contributed by atoms with Gasteiger partial charge in [0.15, 0.2) is 5.76 Å². The minimum atomic E-state index is -0.812. The highest BCUT2D eigenvalue weighted by Crippen LogP contribution is 2.41. The number of aliphatic hydroxyl groups is 1. The largest absolute Gasteiger partial charge is 0.505 e. The van der Waals surface area contributed by atoms with E-state index >= 15 is 0 Å². The summed E-state index contributed by atoms with van der Waals surface area (Å²) in [5.41, 5.74) is 2.25. The number of aliphatic hydroxyl groups excluding tert-OH is 1. The number of ether oxygens (including phenoxy) is 1. The third-order valence-corrected chi connectivity index (χ3v) is 6.34. The fourth-order valence-electron chi connectivity index (χ4n) is 4.57. The molecule has 1 atom stereocenters. The quantitative estimate of drug-likeness (QED) is 0.163. The van der Waals surface area contributed by atoms with Crippen molar-refractivity contribution >= 4 is 23.1 Å². The van der Waals surface area contributed by atoms with E-state index in [1.807, 2.05) is 42.5 Å². The van der Waals surface area contributed by atoms with Crippen molar-refractivity contribution in [1.29, 1.82) is 0 Å². The average molecular weight is 486 g/mol. The molecule has 8 heteroatoms. The lowest BCUT2D eigenvalue weighted by atomic mass is 9.96. The standard InChI is InChI=1S/C28H27N3O5/c1-3-4-15-35-20-12-10-19(11-13-20)25-23(27(33)28(34)31(25)17-21-8-7-16-36-21)26(32)24-18(2)29-22-9-5-6-14-30(22)24/h5-14,16,25,32H,3-4,15,17H2,1-2H3/b26-23+. The van der Waals surface area contributed by atoms with Crippen molar-refractivity contribution in [3.05, 3.63) is 95.3 Å². The molecule has 0 aliphatic carbocycles. The van der Waals surface area contributed by atoms with Gasteiger partial charge in [0.2, 0.25) is 0 Å². The molecule has 8 nitrogen and oxygen atoms in total. The lowest BCUT2D eigenvalue weighted by Gasteiger charge is -2.24. The molecule has 1 N–H and O–H groups in total. The van der Waals surface area contributed by atoms with Gasteiger partial charge in [-0.25, -0.2) is 4.98 Å². The summed E-state index contributed by atoms with van der Waals surface area (Å²) in [5, 5.41) is 11.5. The minimum Gasteiger partial charge on any atom is -0.505 e. The van der Waals surface area contributed by atoms with Crippen LogP contribution in [0.15, 0.2) is 77.0 Å². The topological polar surface area (TPSA) is 97.3 Å². The maximum atomic E-state index is 13.4. The van der Waals surface area contributed by atoms with Gasteiger partial charge >= 0.3 is 0 Å². The Bertz CT molecular complexity index is 1430. The van der Waals surface area contributed by atoms with Crippen molar-refractivity contribution in [3.63, 3.8) is 0 Å². The smallest absolute Gasteiger partial charge is 0.296 e. The van der Waals surface area contributed by atoms with Gasteiger partial charge in [-0.05, 0) is 55.3 Å². The number of unbranched alkanes of at least 4 members (excludes halogenated alkanes) is 1. The summed E-state index contributed by atoms with van der Waals surface area (Å²) in [4.78, 5) is 32.5. The lowest BCUT2D eigenvalue weighted by Crippen LogP contribution is -2.29. The van der Waals surface area contributed by atoms with Gasteiger partial charge in [-0.2, -0.15) is 0 Å². The number of aromatic nitrogens is 2. The van der Waals surface area contributed by atoms with Crippen LogP contribution in [0.25, 0.3) is 11.4 Å². The Balaban J connectivity index is 1.62. The van der Waals surface area contributed by atoms with Crippen LogP contribution < -0.4 is 4.74 Å². The number of imidazole rings is 1. The molecule has 1 aromatic carbocycles. The van der Waals surface area contributed by atoms with Crippen LogP contribution in [-0.2, 0) is 16.1 Å². The zero-order valence-electron chi connectivity index (χ0n) is 20.2. The van der Waals surface area contributed by atoms with Gasteiger partial charge in [0.1, 0.15) is 22.9 Å². The molecule has 1 fully saturated rings. The Morgan fingerprint density at radius 2 is 1.92 bits per heavy atom. The van der Waals surface area contributed by atoms with Crippen LogP contribution >= 0.6 is 0 Å². The summed E-state index contributed by atoms with van der Waals surface area (Å²) in [6.45, 7) is 4.55. The fraction of sp³-hybridized carbons (Fsp3) is 0.250. The molecule has 3 aromatic heterocycles. The van der Waals surface area contributed by atoms with Crippen molar-refractivity contribution in [2.45, 2.75) is 39.3 Å². The number of rotatable bonds is 8. The maximum absolute atomic E-state index is 13.4. The molecule has 1 aliphatic heterocycles. The molecule has 1 amide bonds. The number of carbonyl (C=O) groups is 2. The third-order valence-electron chi connectivity index (χ3n) is 6.34. The second-order valence-electron chi connectivity index (χ2n) is 8.75. The van der Waals surface area contributed by atoms with Gasteiger partial charge < -0.3 is 19.2 Å². The second-order valence-corrected chi connectivity index (χ2v) is 8.75. The lowest BCUT2D eigenvalue weighted by molar-refractivity contribution is -0.140. The van der Waals surface area contributed by atoms with E-state index in [9.17, 15) is 14.7 Å². The normalized spacial score (nSPS) is 17.3. The monoisotopic (exact) mass is 485 g/mol. The molecule has 5 rings (SSSR count). The van der Waals surface area contributed by atoms with E-state index in [1.165, 1.54) is 11.2 Å². The first kappa shape index (κ1) is 23.4. The van der Waals surface area contributed by atoms with Crippen LogP contribution in [0.3, 0.4) is 0 Å². The highest BCUT2D eigenvalue weighted by atomic mass is 16.5. The molecule has 1 aliphatic rings. The zero-order chi connectivity index (χ0) is 25.2. The van der Waals surface area contributed by atoms with Gasteiger partial charge in [-0.3, -0.25) is 14.0 Å². The van der Waals surface area contributed by atoms with Crippen LogP contribution in [0.5, 0.6) is 5.75 Å². The van der Waals surface area contributed by atoms with E-state index in [0.717, 1.165) is 12.8 Å². The number of Topliss-reactive ketones (excluding diaryl/α,β-unsaturated/α-hetero) is 1. The van der Waals surface area contributed by atoms with Gasteiger partial charge in [-0.15, -0.1) is 0 Å². The number of hydrogen-bond donors (Lipinski definition) is 1. The zero-order valence-corrected chi connectivity index (χ0v) is 20.2. The number of nitrogens with zero attached hydrogens (tertiary/aromatic N) is 3. The van der Waals surface area contributed by atoms with Gasteiger partial charge in [0.05, 0.1) is 36.7 Å². The van der Waals surface area contributed by atoms with E-state index < -0.39 is 17.7 Å². The van der Waals surface area contributed by atoms with Crippen molar-refractivity contribution in [3.8, 4) is 5.75 Å². The Morgan fingerprint density at radius 3 is 2.64 bits per heavy atom. The number of fused-ring (bicyclic) bond motifs is 1. The Kier molecular flexibility index (Phi) is 6.33. The minimum absolute atomic E-state index is 0.0139. The summed E-state index contributed by atoms with van der Waals surface area (Å²) in [6, 6.07) is 15.4. The molecule has 4 aromatic rings. The third kappa shape index (κ3) is 4.15. The number of aryl methyl sites for hydroxylation is 1. The number of furan rings is 1. The summed E-state index contributed by atoms with van der Waals surface area (Å²) in [5.74, 6) is -0.481. The maximum Gasteiger partial charge on any atom is 0.296 e. The first-order valence-electron chi connectivity index (χ1n) is 12.0. The molecule has 0 spiro atoms. The molecule has 0 saturated carbocycles. The van der Waals surface area contributed by atoms with Crippen molar-refractivity contribution in [1.82, 2.24) is 14.3 Å².